The molecule has 35 heavy (non-hydrogen) atoms. The maximum atomic E-state index is 11.7. The number of aryl methyl sites for hydroxylation is 2. The van der Waals surface area contributed by atoms with E-state index >= 15 is 0 Å². The van der Waals surface area contributed by atoms with Gasteiger partial charge in [-0.25, -0.2) is 4.79 Å². The summed E-state index contributed by atoms with van der Waals surface area (Å²) in [6, 6.07) is 12.3. The van der Waals surface area contributed by atoms with Gasteiger partial charge in [-0.15, -0.1) is 11.3 Å². The molecule has 2 aromatic carbocycles. The third kappa shape index (κ3) is 8.27. The van der Waals surface area contributed by atoms with Crippen LogP contribution in [0.5, 0.6) is 0 Å². The molecule has 2 N–H and O–H groups in total. The molecule has 11 heteroatoms. The summed E-state index contributed by atoms with van der Waals surface area (Å²) in [7, 11) is 0. The summed E-state index contributed by atoms with van der Waals surface area (Å²) in [6.45, 7) is 8.02. The number of benzene rings is 2. The van der Waals surface area contributed by atoms with E-state index in [1.165, 1.54) is 17.4 Å². The molecule has 9 nitrogen and oxygen atoms in total. The first-order chi connectivity index (χ1) is 16.6. The summed E-state index contributed by atoms with van der Waals surface area (Å²) in [5.41, 5.74) is 8.25. The Labute approximate surface area is 213 Å². The van der Waals surface area contributed by atoms with Crippen molar-refractivity contribution in [1.29, 1.82) is 5.26 Å². The van der Waals surface area contributed by atoms with Gasteiger partial charge < -0.3 is 15.2 Å². The lowest BCUT2D eigenvalue weighted by atomic mass is 10.1. The SMILES string of the molecule is CCOC(=O)CS.CCOC(=O)c1sc2cccc(C)c2c1N.Cc1cccc([N+](=O)[O-])c1C#N. The second-order valence-corrected chi connectivity index (χ2v) is 8.18. The van der Waals surface area contributed by atoms with Gasteiger partial charge in [0.15, 0.2) is 0 Å². The number of nitrogens with two attached hydrogens (primary N) is 1. The number of fused-ring (bicyclic) bond motifs is 1. The fourth-order valence-corrected chi connectivity index (χ4v) is 4.04. The number of rotatable bonds is 5. The fourth-order valence-electron chi connectivity index (χ4n) is 2.85. The largest absolute Gasteiger partial charge is 0.465 e. The van der Waals surface area contributed by atoms with Crippen molar-refractivity contribution in [1.82, 2.24) is 0 Å². The Bertz CT molecular complexity index is 1230. The molecule has 186 valence electrons. The van der Waals surface area contributed by atoms with E-state index in [2.05, 4.69) is 17.4 Å². The van der Waals surface area contributed by atoms with Crippen molar-refractivity contribution in [3.05, 3.63) is 68.1 Å². The zero-order chi connectivity index (χ0) is 26.5. The molecular weight excluding hydrogens is 490 g/mol. The molecule has 1 heterocycles. The quantitative estimate of drug-likeness (QED) is 0.203. The van der Waals surface area contributed by atoms with Crippen molar-refractivity contribution >= 4 is 57.4 Å². The minimum Gasteiger partial charge on any atom is -0.465 e. The molecule has 0 aliphatic heterocycles. The van der Waals surface area contributed by atoms with Crippen molar-refractivity contribution in [2.75, 3.05) is 24.7 Å². The summed E-state index contributed by atoms with van der Waals surface area (Å²) in [5, 5.41) is 19.9. The maximum absolute atomic E-state index is 11.7. The number of nitro benzene ring substituents is 1. The van der Waals surface area contributed by atoms with Crippen LogP contribution in [0.4, 0.5) is 11.4 Å². The van der Waals surface area contributed by atoms with Crippen molar-refractivity contribution in [2.45, 2.75) is 27.7 Å². The van der Waals surface area contributed by atoms with Crippen molar-refractivity contribution in [2.24, 2.45) is 0 Å². The van der Waals surface area contributed by atoms with Crippen molar-refractivity contribution in [3.8, 4) is 6.07 Å². The minimum atomic E-state index is -0.550. The Kier molecular flexibility index (Phi) is 12.3. The molecule has 0 spiro atoms. The number of nitro groups is 1. The molecule has 0 aliphatic rings. The van der Waals surface area contributed by atoms with Gasteiger partial charge in [0.2, 0.25) is 0 Å². The third-order valence-electron chi connectivity index (χ3n) is 4.42. The average Bonchev–Trinajstić information content (AvgIpc) is 3.17. The Morgan fingerprint density at radius 1 is 1.11 bits per heavy atom. The van der Waals surface area contributed by atoms with E-state index in [0.29, 0.717) is 29.3 Å². The number of thiol groups is 1. The van der Waals surface area contributed by atoms with E-state index in [1.54, 1.807) is 39.0 Å². The molecule has 0 bridgehead atoms. The number of carbonyl (C=O) groups is 2. The van der Waals surface area contributed by atoms with Gasteiger partial charge in [-0.1, -0.05) is 24.3 Å². The highest BCUT2D eigenvalue weighted by atomic mass is 32.1. The number of carbonyl (C=O) groups excluding carboxylic acids is 2. The monoisotopic (exact) mass is 517 g/mol. The summed E-state index contributed by atoms with van der Waals surface area (Å²) in [4.78, 5) is 32.1. The topological polar surface area (TPSA) is 146 Å². The highest BCUT2D eigenvalue weighted by molar-refractivity contribution is 7.81. The first-order valence-electron chi connectivity index (χ1n) is 10.5. The Morgan fingerprint density at radius 3 is 2.17 bits per heavy atom. The van der Waals surface area contributed by atoms with Crippen LogP contribution in [0.25, 0.3) is 10.1 Å². The van der Waals surface area contributed by atoms with Gasteiger partial charge in [0.05, 0.1) is 29.6 Å². The van der Waals surface area contributed by atoms with Crippen LogP contribution in [0, 0.1) is 35.3 Å². The number of esters is 2. The number of ether oxygens (including phenoxy) is 2. The number of hydrogen-bond donors (Lipinski definition) is 2. The summed E-state index contributed by atoms with van der Waals surface area (Å²) in [5.74, 6) is -0.417. The summed E-state index contributed by atoms with van der Waals surface area (Å²) >= 11 is 5.06. The number of nitrogens with zero attached hydrogens (tertiary/aromatic N) is 2. The van der Waals surface area contributed by atoms with Gasteiger partial charge in [0, 0.05) is 16.2 Å². The van der Waals surface area contributed by atoms with Crippen LogP contribution in [0.3, 0.4) is 0 Å². The number of nitrogen functional groups attached to an aromatic ring is 1. The number of thiophene rings is 1. The zero-order valence-electron chi connectivity index (χ0n) is 19.9. The van der Waals surface area contributed by atoms with Crippen LogP contribution >= 0.6 is 24.0 Å². The fraction of sp³-hybridized carbons (Fsp3) is 0.292. The lowest BCUT2D eigenvalue weighted by molar-refractivity contribution is -0.385. The van der Waals surface area contributed by atoms with Crippen molar-refractivity contribution < 1.29 is 24.0 Å². The third-order valence-corrected chi connectivity index (χ3v) is 5.82. The van der Waals surface area contributed by atoms with E-state index in [1.807, 2.05) is 25.1 Å². The molecular formula is C24H27N3O6S2. The summed E-state index contributed by atoms with van der Waals surface area (Å²) < 4.78 is 10.5. The highest BCUT2D eigenvalue weighted by Crippen LogP contribution is 2.36. The average molecular weight is 518 g/mol. The molecule has 0 unspecified atom stereocenters. The highest BCUT2D eigenvalue weighted by Gasteiger charge is 2.18. The van der Waals surface area contributed by atoms with Crippen LogP contribution in [0.1, 0.15) is 40.2 Å². The second-order valence-electron chi connectivity index (χ2n) is 6.81. The van der Waals surface area contributed by atoms with Gasteiger partial charge in [-0.05, 0) is 44.9 Å². The molecule has 3 aromatic rings. The van der Waals surface area contributed by atoms with E-state index in [0.717, 1.165) is 15.6 Å². The number of anilines is 1. The van der Waals surface area contributed by atoms with E-state index < -0.39 is 4.92 Å². The van der Waals surface area contributed by atoms with E-state index in [9.17, 15) is 19.7 Å². The molecule has 1 aromatic heterocycles. The van der Waals surface area contributed by atoms with E-state index in [-0.39, 0.29) is 28.9 Å². The van der Waals surface area contributed by atoms with Gasteiger partial charge in [-0.2, -0.15) is 17.9 Å². The second kappa shape index (κ2) is 14.6. The van der Waals surface area contributed by atoms with Crippen LogP contribution < -0.4 is 5.73 Å². The van der Waals surface area contributed by atoms with Crippen LogP contribution in [-0.4, -0.2) is 35.8 Å². The van der Waals surface area contributed by atoms with Gasteiger partial charge >= 0.3 is 11.9 Å². The number of nitriles is 1. The molecule has 0 saturated carbocycles. The van der Waals surface area contributed by atoms with Gasteiger partial charge in [0.1, 0.15) is 16.5 Å². The molecule has 0 fully saturated rings. The molecule has 3 rings (SSSR count). The minimum absolute atomic E-state index is 0.127. The van der Waals surface area contributed by atoms with E-state index in [4.69, 9.17) is 15.7 Å². The first kappa shape index (κ1) is 29.4. The number of hydrogen-bond acceptors (Lipinski definition) is 10. The van der Waals surface area contributed by atoms with Crippen LogP contribution in [0.15, 0.2) is 36.4 Å². The van der Waals surface area contributed by atoms with Gasteiger partial charge in [-0.3, -0.25) is 14.9 Å². The smallest absolute Gasteiger partial charge is 0.350 e. The zero-order valence-corrected chi connectivity index (χ0v) is 21.6. The van der Waals surface area contributed by atoms with Crippen LogP contribution in [0.2, 0.25) is 0 Å². The molecule has 0 radical (unpaired) electrons. The lowest BCUT2D eigenvalue weighted by Crippen LogP contribution is -2.04. The van der Waals surface area contributed by atoms with Crippen molar-refractivity contribution in [3.63, 3.8) is 0 Å². The van der Waals surface area contributed by atoms with Gasteiger partial charge in [0.25, 0.3) is 5.69 Å². The molecule has 0 atom stereocenters. The molecule has 0 aliphatic carbocycles. The Hall–Kier alpha value is -3.62. The molecule has 0 amide bonds. The first-order valence-corrected chi connectivity index (χ1v) is 11.9. The van der Waals surface area contributed by atoms with Crippen LogP contribution in [-0.2, 0) is 14.3 Å². The molecule has 0 saturated heterocycles. The lowest BCUT2D eigenvalue weighted by Gasteiger charge is -2.00. The Balaban J connectivity index is 0.000000285. The normalized spacial score (nSPS) is 9.60. The predicted molar refractivity (Wildman–Crippen MR) is 140 cm³/mol. The predicted octanol–water partition coefficient (Wildman–Crippen LogP) is 5.22. The standard InChI is InChI=1S/C12H13NO2S.C8H6N2O2.C4H8O2S/c1-3-15-12(14)11-10(13)9-7(2)5-4-6-8(9)16-11;1-6-3-2-4-8(10(11)12)7(6)5-9;1-2-6-4(5)3-7/h4-6H,3,13H2,1-2H3;2-4H,1H3;7H,2-3H2,1H3. The summed E-state index contributed by atoms with van der Waals surface area (Å²) in [6.07, 6.45) is 0. The Morgan fingerprint density at radius 2 is 1.71 bits per heavy atom. The maximum Gasteiger partial charge on any atom is 0.350 e.